The fraction of sp³-hybridized carbons (Fsp3) is 0.143. The van der Waals surface area contributed by atoms with Crippen LogP contribution in [0.3, 0.4) is 0 Å². The highest BCUT2D eigenvalue weighted by atomic mass is 32.2. The van der Waals surface area contributed by atoms with Gasteiger partial charge in [0.2, 0.25) is 5.88 Å². The molecule has 0 amide bonds. The summed E-state index contributed by atoms with van der Waals surface area (Å²) in [7, 11) is 3.48. The number of nitrogens with one attached hydrogen (secondary N) is 2. The van der Waals surface area contributed by atoms with Gasteiger partial charge in [-0.05, 0) is 49.0 Å². The minimum Gasteiger partial charge on any atom is -0.587 e. The topological polar surface area (TPSA) is 87.1 Å². The second-order valence-corrected chi connectivity index (χ2v) is 7.73. The summed E-state index contributed by atoms with van der Waals surface area (Å²) in [6, 6.07) is 13.3. The molecular weight excluding hydrogens is 386 g/mol. The van der Waals surface area contributed by atoms with E-state index >= 15 is 0 Å². The van der Waals surface area contributed by atoms with Gasteiger partial charge in [-0.2, -0.15) is 3.97 Å². The molecule has 1 unspecified atom stereocenters. The van der Waals surface area contributed by atoms with Crippen molar-refractivity contribution in [1.29, 1.82) is 0 Å². The van der Waals surface area contributed by atoms with Crippen molar-refractivity contribution < 1.29 is 9.29 Å². The van der Waals surface area contributed by atoms with Crippen molar-refractivity contribution in [3.8, 4) is 5.88 Å². The molecule has 0 aliphatic heterocycles. The summed E-state index contributed by atoms with van der Waals surface area (Å²) in [5.74, 6) is 0.512. The molecule has 148 valence electrons. The third kappa shape index (κ3) is 3.91. The van der Waals surface area contributed by atoms with Crippen LogP contribution in [0, 0.1) is 0 Å². The van der Waals surface area contributed by atoms with Gasteiger partial charge in [-0.15, -0.1) is 0 Å². The van der Waals surface area contributed by atoms with Crippen molar-refractivity contribution in [2.75, 3.05) is 19.5 Å². The molecule has 1 aromatic carbocycles. The Balaban J connectivity index is 1.78. The molecule has 0 bridgehead atoms. The van der Waals surface area contributed by atoms with Gasteiger partial charge in [0, 0.05) is 30.0 Å². The molecule has 0 aliphatic carbocycles. The van der Waals surface area contributed by atoms with Crippen LogP contribution in [0.15, 0.2) is 72.1 Å². The van der Waals surface area contributed by atoms with E-state index in [0.29, 0.717) is 17.3 Å². The van der Waals surface area contributed by atoms with Crippen LogP contribution in [-0.4, -0.2) is 32.7 Å². The van der Waals surface area contributed by atoms with Crippen molar-refractivity contribution in [1.82, 2.24) is 19.3 Å². The molecule has 2 N–H and O–H groups in total. The number of methoxy groups -OCH3 is 1. The molecular formula is C21H21N5O2S. The Hall–Kier alpha value is -3.07. The van der Waals surface area contributed by atoms with Gasteiger partial charge in [0.15, 0.2) is 4.90 Å². The molecule has 7 nitrogen and oxygen atoms in total. The number of rotatable bonds is 7. The number of anilines is 2. The Morgan fingerprint density at radius 2 is 2.03 bits per heavy atom. The maximum absolute atomic E-state index is 13.2. The van der Waals surface area contributed by atoms with E-state index in [4.69, 9.17) is 4.74 Å². The maximum atomic E-state index is 13.2. The van der Waals surface area contributed by atoms with Gasteiger partial charge >= 0.3 is 0 Å². The number of ether oxygens (including phenoxy) is 1. The molecule has 3 heterocycles. The van der Waals surface area contributed by atoms with E-state index in [-0.39, 0.29) is 0 Å². The highest BCUT2D eigenvalue weighted by Gasteiger charge is 2.20. The summed E-state index contributed by atoms with van der Waals surface area (Å²) in [4.78, 5) is 8.96. The van der Waals surface area contributed by atoms with Gasteiger partial charge in [0.05, 0.1) is 19.5 Å². The smallest absolute Gasteiger partial charge is 0.237 e. The van der Waals surface area contributed by atoms with E-state index in [1.54, 1.807) is 35.7 Å². The maximum Gasteiger partial charge on any atom is 0.237 e. The lowest BCUT2D eigenvalue weighted by Gasteiger charge is -2.12. The van der Waals surface area contributed by atoms with E-state index in [1.165, 1.54) is 0 Å². The normalized spacial score (nSPS) is 12.1. The first-order valence-electron chi connectivity index (χ1n) is 9.08. The van der Waals surface area contributed by atoms with Crippen molar-refractivity contribution in [2.24, 2.45) is 0 Å². The Kier molecular flexibility index (Phi) is 5.66. The molecule has 1 atom stereocenters. The van der Waals surface area contributed by atoms with Crippen molar-refractivity contribution >= 4 is 33.6 Å². The fourth-order valence-electron chi connectivity index (χ4n) is 3.18. The lowest BCUT2D eigenvalue weighted by molar-refractivity contribution is 0.400. The molecule has 3 aromatic heterocycles. The lowest BCUT2D eigenvalue weighted by atomic mass is 10.1. The quantitative estimate of drug-likeness (QED) is 0.456. The summed E-state index contributed by atoms with van der Waals surface area (Å²) in [6.45, 7) is 0.678. The van der Waals surface area contributed by atoms with Crippen molar-refractivity contribution in [3.05, 3.63) is 72.8 Å². The number of aromatic nitrogens is 3. The number of benzene rings is 1. The van der Waals surface area contributed by atoms with E-state index < -0.39 is 11.4 Å². The van der Waals surface area contributed by atoms with Crippen LogP contribution >= 0.6 is 0 Å². The van der Waals surface area contributed by atoms with Gasteiger partial charge in [-0.1, -0.05) is 6.07 Å². The predicted octanol–water partition coefficient (Wildman–Crippen LogP) is 3.47. The van der Waals surface area contributed by atoms with Crippen LogP contribution < -0.4 is 15.4 Å². The van der Waals surface area contributed by atoms with Crippen LogP contribution in [-0.2, 0) is 17.9 Å². The molecule has 8 heteroatoms. The predicted molar refractivity (Wildman–Crippen MR) is 115 cm³/mol. The molecule has 0 saturated carbocycles. The van der Waals surface area contributed by atoms with Gasteiger partial charge in [0.25, 0.3) is 0 Å². The molecule has 4 aromatic rings. The van der Waals surface area contributed by atoms with Crippen LogP contribution in [0.1, 0.15) is 5.56 Å². The van der Waals surface area contributed by atoms with E-state index in [0.717, 1.165) is 27.8 Å². The van der Waals surface area contributed by atoms with Gasteiger partial charge in [0.1, 0.15) is 22.6 Å². The Labute approximate surface area is 172 Å². The summed E-state index contributed by atoms with van der Waals surface area (Å²) >= 11 is -1.40. The lowest BCUT2D eigenvalue weighted by Crippen LogP contribution is -2.12. The SMILES string of the molecule is CNCc1cn([S+]([O-])c2cccnc2)c2cc(Nc3cccnc3OC)ccc12. The first-order chi connectivity index (χ1) is 14.2. The minimum atomic E-state index is -1.40. The first-order valence-corrected chi connectivity index (χ1v) is 10.2. The third-order valence-electron chi connectivity index (χ3n) is 4.48. The number of hydrogen-bond donors (Lipinski definition) is 2. The fourth-order valence-corrected chi connectivity index (χ4v) is 4.31. The van der Waals surface area contributed by atoms with Crippen LogP contribution in [0.5, 0.6) is 5.88 Å². The highest BCUT2D eigenvalue weighted by Crippen LogP contribution is 2.31. The standard InChI is InChI=1S/C21H21N5O2S/c1-22-12-15-14-26(29(27)17-5-3-9-23-13-17)20-11-16(7-8-18(15)20)25-19-6-4-10-24-21(19)28-2/h3-11,13-14,22,25H,12H2,1-2H3. The molecule has 4 rings (SSSR count). The average molecular weight is 407 g/mol. The van der Waals surface area contributed by atoms with Gasteiger partial charge in [-0.25, -0.2) is 4.98 Å². The van der Waals surface area contributed by atoms with Crippen molar-refractivity contribution in [2.45, 2.75) is 11.4 Å². The largest absolute Gasteiger partial charge is 0.587 e. The summed E-state index contributed by atoms with van der Waals surface area (Å²) in [5, 5.41) is 7.55. The summed E-state index contributed by atoms with van der Waals surface area (Å²) < 4.78 is 20.3. The zero-order valence-corrected chi connectivity index (χ0v) is 16.9. The number of pyridine rings is 2. The van der Waals surface area contributed by atoms with Crippen LogP contribution in [0.2, 0.25) is 0 Å². The number of nitrogens with zero attached hydrogens (tertiary/aromatic N) is 3. The highest BCUT2D eigenvalue weighted by molar-refractivity contribution is 7.90. The molecule has 0 spiro atoms. The van der Waals surface area contributed by atoms with E-state index in [2.05, 4.69) is 20.6 Å². The van der Waals surface area contributed by atoms with Crippen LogP contribution in [0.25, 0.3) is 10.9 Å². The van der Waals surface area contributed by atoms with Crippen molar-refractivity contribution in [3.63, 3.8) is 0 Å². The second kappa shape index (κ2) is 8.52. The first kappa shape index (κ1) is 19.3. The molecule has 0 radical (unpaired) electrons. The molecule has 0 fully saturated rings. The summed E-state index contributed by atoms with van der Waals surface area (Å²) in [6.07, 6.45) is 6.91. The molecule has 29 heavy (non-hydrogen) atoms. The second-order valence-electron chi connectivity index (χ2n) is 6.37. The summed E-state index contributed by atoms with van der Waals surface area (Å²) in [5.41, 5.74) is 3.55. The third-order valence-corrected chi connectivity index (χ3v) is 5.78. The number of fused-ring (bicyclic) bond motifs is 1. The molecule has 0 saturated heterocycles. The Morgan fingerprint density at radius 1 is 1.17 bits per heavy atom. The Morgan fingerprint density at radius 3 is 2.79 bits per heavy atom. The average Bonchev–Trinajstić information content (AvgIpc) is 3.12. The minimum absolute atomic E-state index is 0.512. The van der Waals surface area contributed by atoms with E-state index in [9.17, 15) is 4.55 Å². The van der Waals surface area contributed by atoms with Gasteiger partial charge < -0.3 is 19.9 Å². The number of hydrogen-bond acceptors (Lipinski definition) is 6. The zero-order chi connectivity index (χ0) is 20.2. The van der Waals surface area contributed by atoms with Gasteiger partial charge in [-0.3, -0.25) is 4.98 Å². The molecule has 0 aliphatic rings. The Bertz CT molecular complexity index is 1120. The zero-order valence-electron chi connectivity index (χ0n) is 16.1. The van der Waals surface area contributed by atoms with Crippen LogP contribution in [0.4, 0.5) is 11.4 Å². The van der Waals surface area contributed by atoms with E-state index in [1.807, 2.05) is 49.6 Å². The monoisotopic (exact) mass is 407 g/mol.